The van der Waals surface area contributed by atoms with Gasteiger partial charge < -0.3 is 9.47 Å². The Labute approximate surface area is 161 Å². The molecule has 0 aliphatic rings. The summed E-state index contributed by atoms with van der Waals surface area (Å²) < 4.78 is 40.9. The van der Waals surface area contributed by atoms with Gasteiger partial charge >= 0.3 is 6.18 Å². The molecule has 0 radical (unpaired) electrons. The normalized spacial score (nSPS) is 11.0. The number of benzene rings is 2. The fourth-order valence-electron chi connectivity index (χ4n) is 3.07. The number of hydrogen-bond donors (Lipinski definition) is 0. The van der Waals surface area contributed by atoms with Crippen molar-refractivity contribution in [3.63, 3.8) is 0 Å². The summed E-state index contributed by atoms with van der Waals surface area (Å²) >= 11 is 0. The molecule has 0 aliphatic heterocycles. The zero-order chi connectivity index (χ0) is 20.5. The molecule has 1 aromatic heterocycles. The topological polar surface area (TPSA) is 32.0 Å². The lowest BCUT2D eigenvalue weighted by atomic mass is 10.1. The van der Waals surface area contributed by atoms with Gasteiger partial charge in [0.25, 0.3) is 0 Å². The van der Waals surface area contributed by atoms with Gasteiger partial charge in [-0.05, 0) is 49.2 Å². The first-order valence-electron chi connectivity index (χ1n) is 8.69. The molecule has 28 heavy (non-hydrogen) atoms. The monoisotopic (exact) mass is 381 g/mol. The van der Waals surface area contributed by atoms with Gasteiger partial charge in [0.2, 0.25) is 0 Å². The molecule has 0 saturated heterocycles. The molecule has 1 heterocycles. The number of nitrogens with zero attached hydrogens (tertiary/aromatic N) is 3. The Kier molecular flexibility index (Phi) is 5.07. The third-order valence-electron chi connectivity index (χ3n) is 4.53. The highest BCUT2D eigenvalue weighted by atomic mass is 19.4. The maximum atomic E-state index is 13.1. The molecule has 0 aliphatic carbocycles. The molecule has 0 atom stereocenters. The lowest BCUT2D eigenvalue weighted by Gasteiger charge is -2.11. The molecule has 6 heteroatoms. The van der Waals surface area contributed by atoms with E-state index in [1.165, 1.54) is 6.07 Å². The van der Waals surface area contributed by atoms with Gasteiger partial charge in [0.15, 0.2) is 0 Å². The van der Waals surface area contributed by atoms with Crippen molar-refractivity contribution in [2.24, 2.45) is 0 Å². The van der Waals surface area contributed by atoms with E-state index in [1.807, 2.05) is 50.2 Å². The van der Waals surface area contributed by atoms with Gasteiger partial charge in [-0.1, -0.05) is 12.0 Å². The molecule has 0 bridgehead atoms. The van der Waals surface area contributed by atoms with E-state index in [1.54, 1.807) is 4.57 Å². The van der Waals surface area contributed by atoms with Gasteiger partial charge in [-0.25, -0.2) is 0 Å². The smallest absolute Gasteiger partial charge is 0.378 e. The summed E-state index contributed by atoms with van der Waals surface area (Å²) in [7, 11) is 3.88. The average Bonchev–Trinajstić information content (AvgIpc) is 2.97. The number of aromatic nitrogens is 1. The molecule has 0 amide bonds. The number of fused-ring (bicyclic) bond motifs is 1. The van der Waals surface area contributed by atoms with E-state index in [0.29, 0.717) is 28.7 Å². The van der Waals surface area contributed by atoms with Crippen molar-refractivity contribution in [3.8, 4) is 17.9 Å². The van der Waals surface area contributed by atoms with Gasteiger partial charge in [0.1, 0.15) is 11.8 Å². The molecule has 3 nitrogen and oxygen atoms in total. The van der Waals surface area contributed by atoms with Crippen molar-refractivity contribution in [2.75, 3.05) is 19.0 Å². The van der Waals surface area contributed by atoms with Crippen LogP contribution < -0.4 is 4.90 Å². The van der Waals surface area contributed by atoms with Gasteiger partial charge in [-0.3, -0.25) is 0 Å². The van der Waals surface area contributed by atoms with Crippen LogP contribution in [0.1, 0.15) is 29.3 Å². The largest absolute Gasteiger partial charge is 0.416 e. The second-order valence-corrected chi connectivity index (χ2v) is 6.50. The van der Waals surface area contributed by atoms with Crippen LogP contribution in [0.5, 0.6) is 0 Å². The summed E-state index contributed by atoms with van der Waals surface area (Å²) in [5.74, 6) is 6.01. The minimum atomic E-state index is -4.44. The molecule has 0 fully saturated rings. The van der Waals surface area contributed by atoms with E-state index in [-0.39, 0.29) is 0 Å². The maximum absolute atomic E-state index is 13.1. The summed E-state index contributed by atoms with van der Waals surface area (Å²) in [5, 5.41) is 10.1. The Morgan fingerprint density at radius 3 is 2.25 bits per heavy atom. The third kappa shape index (κ3) is 3.54. The van der Waals surface area contributed by atoms with E-state index in [2.05, 4.69) is 17.9 Å². The quantitative estimate of drug-likeness (QED) is 0.584. The molecule has 3 rings (SSSR count). The number of alkyl halides is 3. The van der Waals surface area contributed by atoms with E-state index >= 15 is 0 Å². The Bertz CT molecular complexity index is 1120. The van der Waals surface area contributed by atoms with Gasteiger partial charge in [0, 0.05) is 37.3 Å². The molecule has 0 saturated carbocycles. The van der Waals surface area contributed by atoms with Gasteiger partial charge in [0.05, 0.1) is 16.6 Å². The van der Waals surface area contributed by atoms with Crippen molar-refractivity contribution in [3.05, 3.63) is 64.8 Å². The van der Waals surface area contributed by atoms with Crippen molar-refractivity contribution < 1.29 is 13.2 Å². The van der Waals surface area contributed by atoms with E-state index < -0.39 is 11.7 Å². The van der Waals surface area contributed by atoms with E-state index in [9.17, 15) is 18.4 Å². The second-order valence-electron chi connectivity index (χ2n) is 6.50. The molecule has 0 unspecified atom stereocenters. The lowest BCUT2D eigenvalue weighted by Crippen LogP contribution is -2.07. The van der Waals surface area contributed by atoms with Crippen molar-refractivity contribution in [1.82, 2.24) is 4.57 Å². The molecule has 142 valence electrons. The van der Waals surface area contributed by atoms with Crippen molar-refractivity contribution in [2.45, 2.75) is 19.6 Å². The van der Waals surface area contributed by atoms with Crippen LogP contribution in [0.3, 0.4) is 0 Å². The Hall–Kier alpha value is -3.38. The van der Waals surface area contributed by atoms with E-state index in [0.717, 1.165) is 23.4 Å². The van der Waals surface area contributed by atoms with Crippen LogP contribution in [-0.2, 0) is 12.7 Å². The zero-order valence-corrected chi connectivity index (χ0v) is 15.7. The van der Waals surface area contributed by atoms with Crippen LogP contribution in [-0.4, -0.2) is 18.7 Å². The van der Waals surface area contributed by atoms with Crippen LogP contribution >= 0.6 is 0 Å². The van der Waals surface area contributed by atoms with Crippen molar-refractivity contribution in [1.29, 1.82) is 5.26 Å². The number of rotatable bonds is 2. The van der Waals surface area contributed by atoms with Gasteiger partial charge in [-0.15, -0.1) is 0 Å². The van der Waals surface area contributed by atoms with Crippen LogP contribution in [0.2, 0.25) is 0 Å². The van der Waals surface area contributed by atoms with E-state index in [4.69, 9.17) is 0 Å². The van der Waals surface area contributed by atoms with Crippen molar-refractivity contribution >= 4 is 16.6 Å². The second kappa shape index (κ2) is 7.32. The van der Waals surface area contributed by atoms with Gasteiger partial charge in [-0.2, -0.15) is 18.4 Å². The standard InChI is InChI=1S/C22H18F3N3/c1-4-28-20(12-7-15-5-9-17(10-6-15)27(2)3)19(14-26)18-11-8-16(13-21(18)28)22(23,24)25/h5-6,8-11,13H,4H2,1-3H3. The summed E-state index contributed by atoms with van der Waals surface area (Å²) in [5.41, 5.74) is 2.14. The molecule has 0 N–H and O–H groups in total. The number of halogens is 3. The highest BCUT2D eigenvalue weighted by molar-refractivity contribution is 5.90. The Morgan fingerprint density at radius 2 is 1.71 bits per heavy atom. The molecular formula is C22H18F3N3. The Morgan fingerprint density at radius 1 is 1.04 bits per heavy atom. The summed E-state index contributed by atoms with van der Waals surface area (Å²) in [6.07, 6.45) is -4.44. The lowest BCUT2D eigenvalue weighted by molar-refractivity contribution is -0.137. The number of nitriles is 1. The van der Waals surface area contributed by atoms with Crippen LogP contribution in [0, 0.1) is 23.2 Å². The maximum Gasteiger partial charge on any atom is 0.416 e. The number of hydrogen-bond acceptors (Lipinski definition) is 2. The minimum Gasteiger partial charge on any atom is -0.378 e. The molecule has 3 aromatic rings. The predicted octanol–water partition coefficient (Wildman–Crippen LogP) is 5.02. The highest BCUT2D eigenvalue weighted by Crippen LogP contribution is 2.34. The first kappa shape index (κ1) is 19.4. The van der Waals surface area contributed by atoms with Crippen LogP contribution in [0.25, 0.3) is 10.9 Å². The Balaban J connectivity index is 2.14. The SMILES string of the molecule is CCn1c(C#Cc2ccc(N(C)C)cc2)c(C#N)c2ccc(C(F)(F)F)cc21. The highest BCUT2D eigenvalue weighted by Gasteiger charge is 2.31. The fraction of sp³-hybridized carbons (Fsp3) is 0.227. The average molecular weight is 381 g/mol. The number of anilines is 1. The summed E-state index contributed by atoms with van der Waals surface area (Å²) in [6.45, 7) is 2.22. The zero-order valence-electron chi connectivity index (χ0n) is 15.7. The number of aryl methyl sites for hydroxylation is 1. The molecule has 2 aromatic carbocycles. The van der Waals surface area contributed by atoms with Crippen LogP contribution in [0.15, 0.2) is 42.5 Å². The predicted molar refractivity (Wildman–Crippen MR) is 104 cm³/mol. The fourth-order valence-corrected chi connectivity index (χ4v) is 3.07. The third-order valence-corrected chi connectivity index (χ3v) is 4.53. The molecule has 0 spiro atoms. The summed E-state index contributed by atoms with van der Waals surface area (Å²) in [4.78, 5) is 1.97. The first-order valence-corrected chi connectivity index (χ1v) is 8.69. The first-order chi connectivity index (χ1) is 13.3. The summed E-state index contributed by atoms with van der Waals surface area (Å²) in [6, 6.07) is 13.1. The molecular weight excluding hydrogens is 363 g/mol. The minimum absolute atomic E-state index is 0.294. The van der Waals surface area contributed by atoms with Crippen LogP contribution in [0.4, 0.5) is 18.9 Å².